The van der Waals surface area contributed by atoms with Crippen molar-refractivity contribution in [2.45, 2.75) is 84.0 Å². The summed E-state index contributed by atoms with van der Waals surface area (Å²) in [6.07, 6.45) is 31.9. The van der Waals surface area contributed by atoms with Crippen molar-refractivity contribution >= 4 is 51.9 Å². The molecule has 0 aromatic carbocycles. The number of nitrogens with one attached hydrogen (secondary N) is 2. The van der Waals surface area contributed by atoms with Gasteiger partial charge < -0.3 is 14.9 Å². The molecule has 2 N–H and O–H groups in total. The van der Waals surface area contributed by atoms with E-state index in [0.717, 1.165) is 63.5 Å². The lowest BCUT2D eigenvalue weighted by Gasteiger charge is -2.23. The third-order valence-electron chi connectivity index (χ3n) is 8.82. The highest BCUT2D eigenvalue weighted by Crippen LogP contribution is 2.29. The Morgan fingerprint density at radius 1 is 0.614 bits per heavy atom. The standard InChI is InChI=1S/C39H47N5/c1-2-3-4-5-6-7-8-9-10-11-12-13-24-44-25-22-30(23-26-44)39-37-20-18-35(42-37)28-33-16-14-31(40-33)27-32-15-17-34(41-32)29-36-19-21-38(39)43-36/h14-23,25,27-29,40,43H,2-13,24,26H2,1H3. The molecule has 0 aliphatic carbocycles. The van der Waals surface area contributed by atoms with E-state index in [4.69, 9.17) is 9.97 Å². The lowest BCUT2D eigenvalue weighted by Crippen LogP contribution is -2.21. The number of hydrogen-bond donors (Lipinski definition) is 2. The van der Waals surface area contributed by atoms with Crippen LogP contribution in [0.5, 0.6) is 0 Å². The Balaban J connectivity index is 1.11. The zero-order valence-corrected chi connectivity index (χ0v) is 26.3. The molecule has 0 radical (unpaired) electrons. The van der Waals surface area contributed by atoms with Crippen molar-refractivity contribution in [2.75, 3.05) is 13.1 Å². The molecule has 3 aromatic rings. The van der Waals surface area contributed by atoms with E-state index in [-0.39, 0.29) is 0 Å². The fourth-order valence-corrected chi connectivity index (χ4v) is 6.35. The average molecular weight is 586 g/mol. The Kier molecular flexibility index (Phi) is 10.2. The van der Waals surface area contributed by atoms with E-state index >= 15 is 0 Å². The molecule has 0 unspecified atom stereocenters. The molecule has 44 heavy (non-hydrogen) atoms. The van der Waals surface area contributed by atoms with Gasteiger partial charge in [-0.25, -0.2) is 9.97 Å². The topological polar surface area (TPSA) is 60.6 Å². The molecule has 5 heteroatoms. The minimum Gasteiger partial charge on any atom is -0.374 e. The third kappa shape index (κ3) is 8.07. The van der Waals surface area contributed by atoms with Gasteiger partial charge in [0.2, 0.25) is 0 Å². The number of allylic oxidation sites excluding steroid dienone is 2. The number of H-pyrrole nitrogens is 2. The van der Waals surface area contributed by atoms with Crippen LogP contribution in [-0.4, -0.2) is 37.9 Å². The number of unbranched alkanes of at least 4 members (excludes halogenated alkanes) is 11. The minimum absolute atomic E-state index is 0.925. The van der Waals surface area contributed by atoms with E-state index in [9.17, 15) is 0 Å². The molecule has 0 atom stereocenters. The van der Waals surface area contributed by atoms with Gasteiger partial charge in [0.25, 0.3) is 0 Å². The predicted octanol–water partition coefficient (Wildman–Crippen LogP) is 10.6. The van der Waals surface area contributed by atoms with Crippen LogP contribution in [0.15, 0.2) is 60.8 Å². The van der Waals surface area contributed by atoms with Gasteiger partial charge in [-0.05, 0) is 91.0 Å². The largest absolute Gasteiger partial charge is 0.374 e. The summed E-state index contributed by atoms with van der Waals surface area (Å²) in [6.45, 7) is 4.33. The van der Waals surface area contributed by atoms with Crippen LogP contribution in [0, 0.1) is 0 Å². The minimum atomic E-state index is 0.925. The Bertz CT molecular complexity index is 1700. The Hall–Kier alpha value is -4.12. The van der Waals surface area contributed by atoms with Crippen LogP contribution >= 0.6 is 0 Å². The van der Waals surface area contributed by atoms with Crippen molar-refractivity contribution in [1.82, 2.24) is 24.8 Å². The van der Waals surface area contributed by atoms with Gasteiger partial charge >= 0.3 is 0 Å². The molecule has 6 rings (SSSR count). The molecule has 6 heterocycles. The van der Waals surface area contributed by atoms with E-state index in [1.54, 1.807) is 0 Å². The van der Waals surface area contributed by atoms with Gasteiger partial charge in [-0.2, -0.15) is 0 Å². The van der Waals surface area contributed by atoms with Crippen molar-refractivity contribution in [3.05, 3.63) is 89.2 Å². The zero-order valence-electron chi connectivity index (χ0n) is 26.3. The van der Waals surface area contributed by atoms with Crippen molar-refractivity contribution < 1.29 is 0 Å². The number of aromatic amines is 2. The first-order chi connectivity index (χ1) is 21.7. The van der Waals surface area contributed by atoms with Crippen LogP contribution in [0.2, 0.25) is 0 Å². The van der Waals surface area contributed by atoms with Crippen LogP contribution in [0.25, 0.3) is 51.9 Å². The summed E-state index contributed by atoms with van der Waals surface area (Å²) in [6, 6.07) is 14.7. The normalized spacial score (nSPS) is 14.0. The van der Waals surface area contributed by atoms with Gasteiger partial charge in [-0.1, -0.05) is 83.6 Å². The van der Waals surface area contributed by atoms with Crippen molar-refractivity contribution in [3.63, 3.8) is 0 Å². The quantitative estimate of drug-likeness (QED) is 0.127. The number of nitrogens with zero attached hydrogens (tertiary/aromatic N) is 3. The maximum Gasteiger partial charge on any atom is 0.0736 e. The first-order valence-electron chi connectivity index (χ1n) is 16.9. The molecule has 0 spiro atoms. The van der Waals surface area contributed by atoms with Crippen molar-refractivity contribution in [3.8, 4) is 0 Å². The molecular formula is C39H47N5. The second-order valence-corrected chi connectivity index (χ2v) is 12.4. The fourth-order valence-electron chi connectivity index (χ4n) is 6.35. The van der Waals surface area contributed by atoms with E-state index in [2.05, 4.69) is 107 Å². The zero-order chi connectivity index (χ0) is 30.0. The first-order valence-corrected chi connectivity index (χ1v) is 16.9. The fraction of sp³-hybridized carbons (Fsp3) is 0.385. The molecule has 8 bridgehead atoms. The van der Waals surface area contributed by atoms with Gasteiger partial charge in [0.05, 0.1) is 22.8 Å². The highest BCUT2D eigenvalue weighted by molar-refractivity contribution is 5.91. The molecule has 3 aromatic heterocycles. The Morgan fingerprint density at radius 3 is 1.82 bits per heavy atom. The van der Waals surface area contributed by atoms with Gasteiger partial charge in [0.1, 0.15) is 0 Å². The smallest absolute Gasteiger partial charge is 0.0736 e. The summed E-state index contributed by atoms with van der Waals surface area (Å²) < 4.78 is 0. The first kappa shape index (κ1) is 29.9. The number of hydrogen-bond acceptors (Lipinski definition) is 3. The summed E-state index contributed by atoms with van der Waals surface area (Å²) in [5.41, 5.74) is 10.3. The van der Waals surface area contributed by atoms with Gasteiger partial charge in [0.15, 0.2) is 0 Å². The molecule has 228 valence electrons. The third-order valence-corrected chi connectivity index (χ3v) is 8.82. The van der Waals surface area contributed by atoms with E-state index < -0.39 is 0 Å². The van der Waals surface area contributed by atoms with Crippen molar-refractivity contribution in [2.24, 2.45) is 0 Å². The molecular weight excluding hydrogens is 538 g/mol. The second kappa shape index (κ2) is 15.1. The molecule has 0 fully saturated rings. The summed E-state index contributed by atoms with van der Waals surface area (Å²) in [5, 5.41) is 0. The summed E-state index contributed by atoms with van der Waals surface area (Å²) in [4.78, 5) is 19.4. The molecule has 3 aliphatic rings. The highest BCUT2D eigenvalue weighted by Gasteiger charge is 2.14. The van der Waals surface area contributed by atoms with E-state index in [1.807, 2.05) is 0 Å². The second-order valence-electron chi connectivity index (χ2n) is 12.4. The number of fused-ring (bicyclic) bond motifs is 8. The lowest BCUT2D eigenvalue weighted by atomic mass is 10.0. The summed E-state index contributed by atoms with van der Waals surface area (Å²) in [5.74, 6) is 0. The highest BCUT2D eigenvalue weighted by atomic mass is 15.1. The van der Waals surface area contributed by atoms with Gasteiger partial charge in [0, 0.05) is 40.7 Å². The van der Waals surface area contributed by atoms with Crippen LogP contribution in [-0.2, 0) is 0 Å². The Labute approximate surface area is 262 Å². The van der Waals surface area contributed by atoms with E-state index in [0.29, 0.717) is 0 Å². The molecule has 3 aliphatic heterocycles. The van der Waals surface area contributed by atoms with E-state index in [1.165, 1.54) is 82.6 Å². The monoisotopic (exact) mass is 585 g/mol. The molecule has 0 amide bonds. The van der Waals surface area contributed by atoms with Gasteiger partial charge in [-0.15, -0.1) is 0 Å². The molecule has 0 saturated heterocycles. The van der Waals surface area contributed by atoms with Crippen LogP contribution in [0.4, 0.5) is 0 Å². The molecule has 0 saturated carbocycles. The van der Waals surface area contributed by atoms with Crippen LogP contribution in [0.3, 0.4) is 0 Å². The maximum absolute atomic E-state index is 5.05. The lowest BCUT2D eigenvalue weighted by molar-refractivity contribution is 0.393. The SMILES string of the molecule is CCCCCCCCCCCCCCN1C=CC(c2c3nc(cc4ccc(cc5nc(cc6ccc2[nH]6)C=C5)[nH]4)C=C3)=CC1. The predicted molar refractivity (Wildman–Crippen MR) is 189 cm³/mol. The summed E-state index contributed by atoms with van der Waals surface area (Å²) >= 11 is 0. The van der Waals surface area contributed by atoms with Gasteiger partial charge in [-0.3, -0.25) is 0 Å². The number of aromatic nitrogens is 4. The average Bonchev–Trinajstić information content (AvgIpc) is 3.85. The maximum atomic E-state index is 5.05. The summed E-state index contributed by atoms with van der Waals surface area (Å²) in [7, 11) is 0. The van der Waals surface area contributed by atoms with Crippen LogP contribution < -0.4 is 0 Å². The van der Waals surface area contributed by atoms with Crippen LogP contribution in [0.1, 0.15) is 112 Å². The molecule has 5 nitrogen and oxygen atoms in total. The Morgan fingerprint density at radius 2 is 1.18 bits per heavy atom. The number of rotatable bonds is 14. The van der Waals surface area contributed by atoms with Crippen molar-refractivity contribution in [1.29, 1.82) is 0 Å².